The van der Waals surface area contributed by atoms with E-state index in [0.29, 0.717) is 35.1 Å². The quantitative estimate of drug-likeness (QED) is 0.492. The predicted molar refractivity (Wildman–Crippen MR) is 113 cm³/mol. The van der Waals surface area contributed by atoms with Gasteiger partial charge in [-0.05, 0) is 56.7 Å². The molecule has 0 saturated heterocycles. The van der Waals surface area contributed by atoms with Crippen LogP contribution in [0.15, 0.2) is 48.0 Å². The number of anilines is 1. The van der Waals surface area contributed by atoms with Crippen LogP contribution in [0.25, 0.3) is 6.08 Å². The second-order valence-corrected chi connectivity index (χ2v) is 6.40. The van der Waals surface area contributed by atoms with Gasteiger partial charge < -0.3 is 19.5 Å². The summed E-state index contributed by atoms with van der Waals surface area (Å²) in [5.74, 6) is 0.930. The number of rotatable bonds is 9. The maximum Gasteiger partial charge on any atom is 0.266 e. The van der Waals surface area contributed by atoms with Gasteiger partial charge in [0, 0.05) is 11.8 Å². The third-order valence-electron chi connectivity index (χ3n) is 3.70. The molecule has 0 fully saturated rings. The van der Waals surface area contributed by atoms with Crippen LogP contribution in [0.4, 0.5) is 5.69 Å². The van der Waals surface area contributed by atoms with Gasteiger partial charge in [0.25, 0.3) is 5.91 Å². The molecule has 0 bridgehead atoms. The van der Waals surface area contributed by atoms with Gasteiger partial charge in [-0.2, -0.15) is 10.5 Å². The van der Waals surface area contributed by atoms with Crippen molar-refractivity contribution in [2.24, 2.45) is 0 Å². The van der Waals surface area contributed by atoms with Gasteiger partial charge in [0.05, 0.1) is 12.7 Å². The molecule has 2 aromatic rings. The molecular formula is C23H23N3O4. The first-order valence-electron chi connectivity index (χ1n) is 9.43. The average molecular weight is 405 g/mol. The lowest BCUT2D eigenvalue weighted by Crippen LogP contribution is -2.13. The normalized spacial score (nSPS) is 10.7. The zero-order chi connectivity index (χ0) is 21.9. The molecule has 0 radical (unpaired) electrons. The van der Waals surface area contributed by atoms with E-state index in [1.807, 2.05) is 32.9 Å². The standard InChI is InChI=1S/C23H23N3O4/c1-4-28-22-13-17(8-9-21(22)29-11-10-24)12-18(15-25)23(27)26-19-6-5-7-20(14-19)30-16(2)3/h5-9,12-14,16H,4,11H2,1-3H3,(H,26,27)/b18-12-. The van der Waals surface area contributed by atoms with Crippen LogP contribution in [0.3, 0.4) is 0 Å². The minimum Gasteiger partial charge on any atom is -0.491 e. The Labute approximate surface area is 176 Å². The van der Waals surface area contributed by atoms with Gasteiger partial charge in [-0.1, -0.05) is 12.1 Å². The van der Waals surface area contributed by atoms with Crippen LogP contribution in [0.1, 0.15) is 26.3 Å². The van der Waals surface area contributed by atoms with E-state index in [1.165, 1.54) is 6.08 Å². The van der Waals surface area contributed by atoms with E-state index in [-0.39, 0.29) is 18.3 Å². The van der Waals surface area contributed by atoms with Crippen molar-refractivity contribution in [1.82, 2.24) is 0 Å². The number of ether oxygens (including phenoxy) is 3. The first-order chi connectivity index (χ1) is 14.5. The molecule has 0 spiro atoms. The number of hydrogen-bond acceptors (Lipinski definition) is 6. The first kappa shape index (κ1) is 22.3. The molecule has 0 aliphatic heterocycles. The topological polar surface area (TPSA) is 104 Å². The van der Waals surface area contributed by atoms with Crippen molar-refractivity contribution in [3.63, 3.8) is 0 Å². The Morgan fingerprint density at radius 3 is 2.60 bits per heavy atom. The molecule has 0 atom stereocenters. The summed E-state index contributed by atoms with van der Waals surface area (Å²) in [4.78, 5) is 12.6. The summed E-state index contributed by atoms with van der Waals surface area (Å²) >= 11 is 0. The van der Waals surface area contributed by atoms with Gasteiger partial charge >= 0.3 is 0 Å². The van der Waals surface area contributed by atoms with Crippen LogP contribution in [-0.4, -0.2) is 25.2 Å². The maximum atomic E-state index is 12.6. The second kappa shape index (κ2) is 11.1. The number of hydrogen-bond donors (Lipinski definition) is 1. The number of carbonyl (C=O) groups is 1. The molecule has 0 aromatic heterocycles. The minimum absolute atomic E-state index is 0.00478. The second-order valence-electron chi connectivity index (χ2n) is 6.40. The van der Waals surface area contributed by atoms with Gasteiger partial charge in [0.1, 0.15) is 23.5 Å². The average Bonchev–Trinajstić information content (AvgIpc) is 2.71. The Balaban J connectivity index is 2.22. The number of nitriles is 2. The molecule has 30 heavy (non-hydrogen) atoms. The molecule has 154 valence electrons. The Morgan fingerprint density at radius 2 is 1.93 bits per heavy atom. The molecule has 2 rings (SSSR count). The monoisotopic (exact) mass is 405 g/mol. The molecule has 0 heterocycles. The summed E-state index contributed by atoms with van der Waals surface area (Å²) in [6.45, 7) is 5.93. The fraction of sp³-hybridized carbons (Fsp3) is 0.261. The molecule has 0 saturated carbocycles. The predicted octanol–water partition coefficient (Wildman–Crippen LogP) is 4.32. The summed E-state index contributed by atoms with van der Waals surface area (Å²) in [7, 11) is 0. The summed E-state index contributed by atoms with van der Waals surface area (Å²) in [5.41, 5.74) is 1.04. The lowest BCUT2D eigenvalue weighted by Gasteiger charge is -2.12. The van der Waals surface area contributed by atoms with Crippen molar-refractivity contribution >= 4 is 17.7 Å². The Kier molecular flexibility index (Phi) is 8.28. The van der Waals surface area contributed by atoms with E-state index in [2.05, 4.69) is 5.32 Å². The fourth-order valence-corrected chi connectivity index (χ4v) is 2.55. The third-order valence-corrected chi connectivity index (χ3v) is 3.70. The Bertz CT molecular complexity index is 1000. The molecule has 0 aliphatic rings. The van der Waals surface area contributed by atoms with Crippen LogP contribution < -0.4 is 19.5 Å². The molecule has 7 nitrogen and oxygen atoms in total. The molecule has 0 aliphatic carbocycles. The van der Waals surface area contributed by atoms with Gasteiger partial charge in [-0.15, -0.1) is 0 Å². The smallest absolute Gasteiger partial charge is 0.266 e. The highest BCUT2D eigenvalue weighted by molar-refractivity contribution is 6.09. The number of amides is 1. The Morgan fingerprint density at radius 1 is 1.13 bits per heavy atom. The van der Waals surface area contributed by atoms with Crippen molar-refractivity contribution in [2.45, 2.75) is 26.9 Å². The van der Waals surface area contributed by atoms with Crippen molar-refractivity contribution in [1.29, 1.82) is 10.5 Å². The van der Waals surface area contributed by atoms with Crippen LogP contribution >= 0.6 is 0 Å². The van der Waals surface area contributed by atoms with Crippen molar-refractivity contribution in [3.05, 3.63) is 53.6 Å². The Hall–Kier alpha value is -3.97. The van der Waals surface area contributed by atoms with E-state index < -0.39 is 5.91 Å². The summed E-state index contributed by atoms with van der Waals surface area (Å²) < 4.78 is 16.5. The van der Waals surface area contributed by atoms with Crippen LogP contribution in [0.5, 0.6) is 17.2 Å². The highest BCUT2D eigenvalue weighted by Crippen LogP contribution is 2.29. The van der Waals surface area contributed by atoms with Crippen LogP contribution in [0, 0.1) is 22.7 Å². The summed E-state index contributed by atoms with van der Waals surface area (Å²) in [6, 6.07) is 15.7. The molecule has 1 N–H and O–H groups in total. The lowest BCUT2D eigenvalue weighted by molar-refractivity contribution is -0.112. The number of carbonyl (C=O) groups excluding carboxylic acids is 1. The molecular weight excluding hydrogens is 382 g/mol. The molecule has 7 heteroatoms. The zero-order valence-electron chi connectivity index (χ0n) is 17.1. The molecule has 2 aromatic carbocycles. The van der Waals surface area contributed by atoms with E-state index in [9.17, 15) is 10.1 Å². The third kappa shape index (κ3) is 6.57. The number of benzene rings is 2. The zero-order valence-corrected chi connectivity index (χ0v) is 17.1. The highest BCUT2D eigenvalue weighted by Gasteiger charge is 2.12. The highest BCUT2D eigenvalue weighted by atomic mass is 16.5. The lowest BCUT2D eigenvalue weighted by atomic mass is 10.1. The minimum atomic E-state index is -0.540. The van der Waals surface area contributed by atoms with Crippen LogP contribution in [-0.2, 0) is 4.79 Å². The van der Waals surface area contributed by atoms with E-state index >= 15 is 0 Å². The van der Waals surface area contributed by atoms with E-state index in [4.69, 9.17) is 19.5 Å². The van der Waals surface area contributed by atoms with Crippen molar-refractivity contribution in [3.8, 4) is 29.4 Å². The number of nitrogens with zero attached hydrogens (tertiary/aromatic N) is 2. The number of nitrogens with one attached hydrogen (secondary N) is 1. The summed E-state index contributed by atoms with van der Waals surface area (Å²) in [5, 5.41) is 20.8. The van der Waals surface area contributed by atoms with Gasteiger partial charge in [-0.25, -0.2) is 0 Å². The van der Waals surface area contributed by atoms with Crippen LogP contribution in [0.2, 0.25) is 0 Å². The molecule has 0 unspecified atom stereocenters. The van der Waals surface area contributed by atoms with Gasteiger partial charge in [0.15, 0.2) is 18.1 Å². The largest absolute Gasteiger partial charge is 0.491 e. The molecule has 1 amide bonds. The van der Waals surface area contributed by atoms with Crippen molar-refractivity contribution < 1.29 is 19.0 Å². The van der Waals surface area contributed by atoms with E-state index in [1.54, 1.807) is 42.5 Å². The van der Waals surface area contributed by atoms with Gasteiger partial charge in [-0.3, -0.25) is 4.79 Å². The van der Waals surface area contributed by atoms with Crippen molar-refractivity contribution in [2.75, 3.05) is 18.5 Å². The SMILES string of the molecule is CCOc1cc(/C=C(/C#N)C(=O)Nc2cccc(OC(C)C)c2)ccc1OCC#N. The summed E-state index contributed by atoms with van der Waals surface area (Å²) in [6.07, 6.45) is 1.46. The first-order valence-corrected chi connectivity index (χ1v) is 9.43. The van der Waals surface area contributed by atoms with Gasteiger partial charge in [0.2, 0.25) is 0 Å². The fourth-order valence-electron chi connectivity index (χ4n) is 2.55. The maximum absolute atomic E-state index is 12.6. The van der Waals surface area contributed by atoms with E-state index in [0.717, 1.165) is 0 Å².